The average Bonchev–Trinajstić information content (AvgIpc) is 2.52. The van der Waals surface area contributed by atoms with E-state index in [1.54, 1.807) is 0 Å². The van der Waals surface area contributed by atoms with E-state index in [9.17, 15) is 0 Å². The van der Waals surface area contributed by atoms with Gasteiger partial charge in [0.2, 0.25) is 0 Å². The summed E-state index contributed by atoms with van der Waals surface area (Å²) in [5, 5.41) is 0. The topological polar surface area (TPSA) is 3.24 Å². The lowest BCUT2D eigenvalue weighted by atomic mass is 10.1. The maximum atomic E-state index is 2.36. The SMILES string of the molecule is Cc1ccc(N(C2=CC=CCC2)c2ccc(C)cc2)cc1. The molecule has 0 spiro atoms. The molecular weight excluding hydrogens is 254 g/mol. The Morgan fingerprint density at radius 2 is 1.29 bits per heavy atom. The minimum Gasteiger partial charge on any atom is -0.314 e. The quantitative estimate of drug-likeness (QED) is 0.697. The highest BCUT2D eigenvalue weighted by Gasteiger charge is 2.14. The van der Waals surface area contributed by atoms with Crippen molar-refractivity contribution in [2.75, 3.05) is 4.90 Å². The molecule has 3 rings (SSSR count). The zero-order chi connectivity index (χ0) is 14.7. The van der Waals surface area contributed by atoms with Gasteiger partial charge in [-0.2, -0.15) is 0 Å². The van der Waals surface area contributed by atoms with E-state index in [2.05, 4.69) is 85.5 Å². The first-order valence-electron chi connectivity index (χ1n) is 7.53. The van der Waals surface area contributed by atoms with Crippen molar-refractivity contribution in [2.45, 2.75) is 26.7 Å². The van der Waals surface area contributed by atoms with Crippen LogP contribution in [-0.4, -0.2) is 0 Å². The van der Waals surface area contributed by atoms with Crippen molar-refractivity contribution in [1.29, 1.82) is 0 Å². The number of rotatable bonds is 3. The van der Waals surface area contributed by atoms with Crippen LogP contribution in [0.4, 0.5) is 11.4 Å². The third-order valence-electron chi connectivity index (χ3n) is 3.86. The Morgan fingerprint density at radius 3 is 1.71 bits per heavy atom. The average molecular weight is 275 g/mol. The summed E-state index contributed by atoms with van der Waals surface area (Å²) in [4.78, 5) is 2.36. The van der Waals surface area contributed by atoms with Crippen LogP contribution in [0.1, 0.15) is 24.0 Å². The van der Waals surface area contributed by atoms with Crippen LogP contribution in [0.3, 0.4) is 0 Å². The Bertz CT molecular complexity index is 614. The molecule has 0 unspecified atom stereocenters. The number of nitrogens with zero attached hydrogens (tertiary/aromatic N) is 1. The maximum absolute atomic E-state index is 2.36. The van der Waals surface area contributed by atoms with Gasteiger partial charge in [0.1, 0.15) is 0 Å². The minimum absolute atomic E-state index is 1.08. The van der Waals surface area contributed by atoms with E-state index in [0.717, 1.165) is 12.8 Å². The predicted molar refractivity (Wildman–Crippen MR) is 91.0 cm³/mol. The molecule has 106 valence electrons. The highest BCUT2D eigenvalue weighted by atomic mass is 15.1. The van der Waals surface area contributed by atoms with Gasteiger partial charge in [0.05, 0.1) is 0 Å². The molecule has 0 heterocycles. The van der Waals surface area contributed by atoms with Gasteiger partial charge < -0.3 is 4.90 Å². The standard InChI is InChI=1S/C20H21N/c1-16-8-12-19(13-9-16)21(18-6-4-3-5-7-18)20-14-10-17(2)11-15-20/h3-4,6,8-15H,5,7H2,1-2H3. The molecule has 21 heavy (non-hydrogen) atoms. The van der Waals surface area contributed by atoms with Gasteiger partial charge in [-0.25, -0.2) is 0 Å². The fourth-order valence-corrected chi connectivity index (χ4v) is 2.64. The molecule has 2 aromatic rings. The van der Waals surface area contributed by atoms with Crippen molar-refractivity contribution in [3.05, 3.63) is 83.6 Å². The van der Waals surface area contributed by atoms with Gasteiger partial charge in [0.15, 0.2) is 0 Å². The molecule has 0 atom stereocenters. The molecule has 1 aliphatic carbocycles. The van der Waals surface area contributed by atoms with Crippen LogP contribution in [0, 0.1) is 13.8 Å². The van der Waals surface area contributed by atoms with Crippen molar-refractivity contribution in [2.24, 2.45) is 0 Å². The molecule has 1 heteroatoms. The number of aryl methyl sites for hydroxylation is 2. The smallest absolute Gasteiger partial charge is 0.0458 e. The van der Waals surface area contributed by atoms with Crippen LogP contribution in [0.15, 0.2) is 72.5 Å². The molecule has 1 nitrogen and oxygen atoms in total. The molecular formula is C20H21N. The Kier molecular flexibility index (Phi) is 3.92. The van der Waals surface area contributed by atoms with E-state index >= 15 is 0 Å². The van der Waals surface area contributed by atoms with Crippen LogP contribution in [0.25, 0.3) is 0 Å². The summed E-state index contributed by atoms with van der Waals surface area (Å²) in [6.45, 7) is 4.26. The lowest BCUT2D eigenvalue weighted by molar-refractivity contribution is 0.917. The van der Waals surface area contributed by atoms with E-state index in [-0.39, 0.29) is 0 Å². The predicted octanol–water partition coefficient (Wildman–Crippen LogP) is 5.68. The summed E-state index contributed by atoms with van der Waals surface area (Å²) in [5.41, 5.74) is 6.39. The van der Waals surface area contributed by atoms with Crippen LogP contribution < -0.4 is 4.90 Å². The van der Waals surface area contributed by atoms with Gasteiger partial charge in [0, 0.05) is 17.1 Å². The number of benzene rings is 2. The van der Waals surface area contributed by atoms with Crippen LogP contribution >= 0.6 is 0 Å². The Morgan fingerprint density at radius 1 is 0.762 bits per heavy atom. The van der Waals surface area contributed by atoms with Crippen LogP contribution in [0.5, 0.6) is 0 Å². The largest absolute Gasteiger partial charge is 0.314 e. The summed E-state index contributed by atoms with van der Waals surface area (Å²) < 4.78 is 0. The number of hydrogen-bond acceptors (Lipinski definition) is 1. The lowest BCUT2D eigenvalue weighted by Crippen LogP contribution is -2.17. The molecule has 0 radical (unpaired) electrons. The summed E-state index contributed by atoms with van der Waals surface area (Å²) in [6, 6.07) is 17.5. The zero-order valence-corrected chi connectivity index (χ0v) is 12.7. The van der Waals surface area contributed by atoms with Crippen molar-refractivity contribution < 1.29 is 0 Å². The first-order chi connectivity index (χ1) is 10.2. The molecule has 0 aromatic heterocycles. The number of anilines is 2. The molecule has 0 saturated heterocycles. The Hall–Kier alpha value is -2.28. The molecule has 0 N–H and O–H groups in total. The zero-order valence-electron chi connectivity index (χ0n) is 12.7. The monoisotopic (exact) mass is 275 g/mol. The van der Waals surface area contributed by atoms with Crippen LogP contribution in [0.2, 0.25) is 0 Å². The van der Waals surface area contributed by atoms with Crippen molar-refractivity contribution >= 4 is 11.4 Å². The molecule has 0 bridgehead atoms. The second kappa shape index (κ2) is 6.01. The minimum atomic E-state index is 1.08. The second-order valence-electron chi connectivity index (χ2n) is 5.63. The fraction of sp³-hybridized carbons (Fsp3) is 0.200. The van der Waals surface area contributed by atoms with Gasteiger partial charge in [-0.15, -0.1) is 0 Å². The fourth-order valence-electron chi connectivity index (χ4n) is 2.64. The van der Waals surface area contributed by atoms with E-state index < -0.39 is 0 Å². The molecule has 0 amide bonds. The Labute approximate surface area is 127 Å². The molecule has 0 aliphatic heterocycles. The normalized spacial score (nSPS) is 13.9. The first-order valence-corrected chi connectivity index (χ1v) is 7.53. The van der Waals surface area contributed by atoms with Gasteiger partial charge in [0.25, 0.3) is 0 Å². The summed E-state index contributed by atoms with van der Waals surface area (Å²) >= 11 is 0. The van der Waals surface area contributed by atoms with Gasteiger partial charge in [-0.05, 0) is 57.0 Å². The van der Waals surface area contributed by atoms with Crippen molar-refractivity contribution in [3.8, 4) is 0 Å². The highest BCUT2D eigenvalue weighted by molar-refractivity contribution is 5.69. The maximum Gasteiger partial charge on any atom is 0.0458 e. The van der Waals surface area contributed by atoms with E-state index in [0.29, 0.717) is 0 Å². The first kappa shape index (κ1) is 13.7. The van der Waals surface area contributed by atoms with Crippen molar-refractivity contribution in [3.63, 3.8) is 0 Å². The van der Waals surface area contributed by atoms with Gasteiger partial charge in [-0.3, -0.25) is 0 Å². The second-order valence-corrected chi connectivity index (χ2v) is 5.63. The highest BCUT2D eigenvalue weighted by Crippen LogP contribution is 2.33. The number of hydrogen-bond donors (Lipinski definition) is 0. The van der Waals surface area contributed by atoms with E-state index in [4.69, 9.17) is 0 Å². The third-order valence-corrected chi connectivity index (χ3v) is 3.86. The molecule has 0 fully saturated rings. The summed E-state index contributed by atoms with van der Waals surface area (Å²) in [7, 11) is 0. The third kappa shape index (κ3) is 3.08. The van der Waals surface area contributed by atoms with E-state index in [1.807, 2.05) is 0 Å². The Balaban J connectivity index is 2.05. The summed E-state index contributed by atoms with van der Waals surface area (Å²) in [6.07, 6.45) is 8.81. The van der Waals surface area contributed by atoms with Gasteiger partial charge in [-0.1, -0.05) is 47.5 Å². The number of allylic oxidation sites excluding steroid dienone is 4. The lowest BCUT2D eigenvalue weighted by Gasteiger charge is -2.29. The molecule has 0 saturated carbocycles. The molecule has 1 aliphatic rings. The van der Waals surface area contributed by atoms with Crippen LogP contribution in [-0.2, 0) is 0 Å². The van der Waals surface area contributed by atoms with Gasteiger partial charge >= 0.3 is 0 Å². The van der Waals surface area contributed by atoms with Crippen molar-refractivity contribution in [1.82, 2.24) is 0 Å². The summed E-state index contributed by atoms with van der Waals surface area (Å²) in [5.74, 6) is 0. The van der Waals surface area contributed by atoms with E-state index in [1.165, 1.54) is 28.2 Å². The molecule has 2 aromatic carbocycles.